The fourth-order valence-electron chi connectivity index (χ4n) is 16.1. The molecule has 7 nitrogen and oxygen atoms in total. The van der Waals surface area contributed by atoms with E-state index >= 15 is 0 Å². The second-order valence-electron chi connectivity index (χ2n) is 26.9. The lowest BCUT2D eigenvalue weighted by molar-refractivity contribution is 0.590. The highest BCUT2D eigenvalue weighted by molar-refractivity contribution is 7.00. The van der Waals surface area contributed by atoms with Crippen LogP contribution in [0.5, 0.6) is 0 Å². The molecule has 102 heavy (non-hydrogen) atoms. The smallest absolute Gasteiger partial charge is 0.252 e. The van der Waals surface area contributed by atoms with Crippen LogP contribution in [-0.4, -0.2) is 20.4 Å². The average molecular weight is 1330 g/mol. The van der Waals surface area contributed by atoms with E-state index in [2.05, 4.69) is 20.8 Å². The molecule has 0 saturated heterocycles. The molecule has 8 heteroatoms. The molecule has 0 bridgehead atoms. The number of fused-ring (bicyclic) bond motifs is 19. The van der Waals surface area contributed by atoms with Crippen LogP contribution < -0.4 is 26.2 Å². The fourth-order valence-corrected chi connectivity index (χ4v) is 16.1. The summed E-state index contributed by atoms with van der Waals surface area (Å²) in [5, 5.41) is 1.05. The van der Waals surface area contributed by atoms with E-state index in [4.69, 9.17) is 14.3 Å². The lowest BCUT2D eigenvalue weighted by Crippen LogP contribution is -2.61. The van der Waals surface area contributed by atoms with Crippen molar-refractivity contribution >= 4 is 167 Å². The summed E-state index contributed by atoms with van der Waals surface area (Å²) in [5.74, 6) is 0. The van der Waals surface area contributed by atoms with E-state index in [1.165, 1.54) is 13.7 Å². The van der Waals surface area contributed by atoms with Crippen LogP contribution in [0.2, 0.25) is 0 Å². The highest BCUT2D eigenvalue weighted by atomic mass is 16.3. The molecule has 0 fully saturated rings. The van der Waals surface area contributed by atoms with Gasteiger partial charge in [-0.3, -0.25) is 0 Å². The summed E-state index contributed by atoms with van der Waals surface area (Å²) in [6, 6.07) is 39.4. The summed E-state index contributed by atoms with van der Waals surface area (Å²) >= 11 is 0. The monoisotopic (exact) mass is 1330 g/mol. The first-order valence-corrected chi connectivity index (χ1v) is 33.4. The van der Waals surface area contributed by atoms with Crippen molar-refractivity contribution in [3.8, 4) is 39.3 Å². The van der Waals surface area contributed by atoms with Gasteiger partial charge in [0.2, 0.25) is 0 Å². The number of benzene rings is 15. The predicted octanol–water partition coefficient (Wildman–Crippen LogP) is 23.5. The Morgan fingerprint density at radius 2 is 0.745 bits per heavy atom. The minimum absolute atomic E-state index is 0.0309. The second kappa shape index (κ2) is 21.2. The third kappa shape index (κ3) is 8.08. The van der Waals surface area contributed by atoms with Crippen LogP contribution in [0.25, 0.3) is 149 Å². The van der Waals surface area contributed by atoms with Crippen molar-refractivity contribution in [2.75, 3.05) is 9.80 Å². The summed E-state index contributed by atoms with van der Waals surface area (Å²) < 4.78 is 248. The summed E-state index contributed by atoms with van der Waals surface area (Å²) in [6.07, 6.45) is 0. The zero-order valence-electron chi connectivity index (χ0n) is 78.4. The van der Waals surface area contributed by atoms with Crippen LogP contribution in [0.3, 0.4) is 0 Å². The van der Waals surface area contributed by atoms with Crippen molar-refractivity contribution in [3.63, 3.8) is 0 Å². The number of rotatable bonds is 7. The molecule has 0 spiro atoms. The van der Waals surface area contributed by atoms with Gasteiger partial charge in [0, 0.05) is 82.8 Å². The number of hydrogen-bond acceptors (Lipinski definition) is 4. The maximum Gasteiger partial charge on any atom is 0.252 e. The van der Waals surface area contributed by atoms with Crippen LogP contribution in [0.15, 0.2) is 330 Å². The molecular formula is C94H62BN5O2. The fraction of sp³-hybridized carbons (Fsp3) is 0.0426. The molecule has 5 aromatic heterocycles. The first kappa shape index (κ1) is 38.4. The van der Waals surface area contributed by atoms with E-state index in [1.54, 1.807) is 36.4 Å². The van der Waals surface area contributed by atoms with Crippen LogP contribution in [-0.2, 0) is 5.41 Å². The quantitative estimate of drug-likeness (QED) is 0.149. The van der Waals surface area contributed by atoms with Crippen molar-refractivity contribution < 1.29 is 41.7 Å². The van der Waals surface area contributed by atoms with E-state index in [9.17, 15) is 27.4 Å². The Hall–Kier alpha value is -13.0. The summed E-state index contributed by atoms with van der Waals surface area (Å²) in [7, 11) is 0. The van der Waals surface area contributed by atoms with Gasteiger partial charge >= 0.3 is 0 Å². The van der Waals surface area contributed by atoms with Gasteiger partial charge in [0.15, 0.2) is 0 Å². The number of furan rings is 2. The second-order valence-corrected chi connectivity index (χ2v) is 26.9. The molecule has 22 rings (SSSR count). The number of hydrogen-bond donors (Lipinski definition) is 0. The molecule has 478 valence electrons. The first-order chi connectivity index (χ1) is 60.2. The summed E-state index contributed by atoms with van der Waals surface area (Å²) in [4.78, 5) is 4.01. The predicted molar refractivity (Wildman–Crippen MR) is 428 cm³/mol. The van der Waals surface area contributed by atoms with Crippen molar-refractivity contribution in [1.82, 2.24) is 13.7 Å². The lowest BCUT2D eigenvalue weighted by Gasteiger charge is -2.45. The molecule has 20 aromatic rings. The SMILES string of the molecule is [2H]c1c([2H])c([2H])c2c(c1[2H])c1c([2H])c([2H])c([2H])c([2H])c1n2-c1ccc2c(c1)N(c1cc(-c3ccccc3)cc3oc4ccccc4c13)c1cc(-n3c4c([2H])c([2H])c([2H])c([2H])c4c4c([2H])c([2H])c([2H])c([2H])c43)cc3c1B2c1ccc(-n2c4c([2H])c([2H])c([2H])c([2H])c4c4c([2H])c([2H])c([2H])c([2H])c42)cc1N3c1c(-c2ccc(C(C)(C)C)cc2)ccc2oc3ccccc3c12. The Bertz CT molecular complexity index is 8250. The number of para-hydroxylation sites is 8. The van der Waals surface area contributed by atoms with Gasteiger partial charge in [-0.25, -0.2) is 0 Å². The molecule has 0 saturated carbocycles. The van der Waals surface area contributed by atoms with E-state index in [1.807, 2.05) is 149 Å². The van der Waals surface area contributed by atoms with E-state index in [0.717, 1.165) is 11.1 Å². The minimum Gasteiger partial charge on any atom is -0.456 e. The average Bonchev–Trinajstić information content (AvgIpc) is 1.17. The van der Waals surface area contributed by atoms with Crippen molar-refractivity contribution in [2.24, 2.45) is 0 Å². The Kier molecular flexibility index (Phi) is 7.99. The van der Waals surface area contributed by atoms with Crippen molar-refractivity contribution in [3.05, 3.63) is 327 Å². The van der Waals surface area contributed by atoms with Crippen LogP contribution in [0.1, 0.15) is 59.2 Å². The summed E-state index contributed by atoms with van der Waals surface area (Å²) in [6.45, 7) is 5.21. The van der Waals surface area contributed by atoms with Gasteiger partial charge in [0.1, 0.15) is 22.3 Å². The standard InChI is InChI=1S/C94H62BN5O2/c1-94(2,3)60-43-41-58(42-44-60)64-47-50-88-91(72-32-14-22-40-87(72)101-88)93(64)100-82-54-62(97-77-35-17-9-27-67(77)68-28-10-18-36-78(68)97)46-49-74(82)95-73-48-45-61(96-75-33-15-7-25-65(75)66-26-8-16-34-76(66)96)53-81(73)99(83-51-59(57-23-5-4-6-24-57)52-89-90(83)71-31-13-21-39-86(71)102-89)84-55-63(56-85(100)92(84)95)98-79-37-19-11-29-69(79)70-30-12-20-38-80(70)98/h4-56H,1-3H3/i7D,8D,9D,10D,11D,12D,15D,16D,17D,18D,19D,20D,25D,26D,27D,28D,29D,30D,33D,34D,35D,36D,37D,38D. The van der Waals surface area contributed by atoms with E-state index in [0.29, 0.717) is 99.7 Å². The zero-order chi connectivity index (χ0) is 88.1. The van der Waals surface area contributed by atoms with Gasteiger partial charge < -0.3 is 32.3 Å². The maximum absolute atomic E-state index is 10.2. The van der Waals surface area contributed by atoms with Gasteiger partial charge in [-0.2, -0.15) is 0 Å². The van der Waals surface area contributed by atoms with E-state index in [-0.39, 0.29) is 99.3 Å². The van der Waals surface area contributed by atoms with Gasteiger partial charge in [-0.15, -0.1) is 0 Å². The van der Waals surface area contributed by atoms with Gasteiger partial charge in [0.05, 0.1) is 93.8 Å². The molecule has 0 atom stereocenters. The Balaban J connectivity index is 0.997. The Labute approximate surface area is 621 Å². The lowest BCUT2D eigenvalue weighted by atomic mass is 9.33. The van der Waals surface area contributed by atoms with E-state index < -0.39 is 152 Å². The van der Waals surface area contributed by atoms with Crippen molar-refractivity contribution in [2.45, 2.75) is 26.2 Å². The van der Waals surface area contributed by atoms with Crippen LogP contribution in [0.4, 0.5) is 34.1 Å². The molecule has 2 aliphatic rings. The molecule has 0 radical (unpaired) electrons. The maximum atomic E-state index is 10.2. The molecule has 0 aliphatic carbocycles. The van der Waals surface area contributed by atoms with Gasteiger partial charge in [-0.05, 0) is 153 Å². The van der Waals surface area contributed by atoms with Crippen LogP contribution in [0, 0.1) is 0 Å². The third-order valence-electron chi connectivity index (χ3n) is 20.5. The topological polar surface area (TPSA) is 47.6 Å². The van der Waals surface area contributed by atoms with Crippen molar-refractivity contribution in [1.29, 1.82) is 0 Å². The third-order valence-corrected chi connectivity index (χ3v) is 20.5. The molecule has 7 heterocycles. The van der Waals surface area contributed by atoms with Gasteiger partial charge in [0.25, 0.3) is 6.71 Å². The zero-order valence-corrected chi connectivity index (χ0v) is 54.4. The summed E-state index contributed by atoms with van der Waals surface area (Å²) in [5.41, 5.74) is 7.49. The number of nitrogens with zero attached hydrogens (tertiary/aromatic N) is 5. The molecule has 15 aromatic carbocycles. The first-order valence-electron chi connectivity index (χ1n) is 45.4. The van der Waals surface area contributed by atoms with Gasteiger partial charge in [-0.1, -0.05) is 233 Å². The number of anilines is 6. The highest BCUT2D eigenvalue weighted by Crippen LogP contribution is 2.55. The molecule has 0 unspecified atom stereocenters. The van der Waals surface area contributed by atoms with Crippen LogP contribution >= 0.6 is 0 Å². The normalized spacial score (nSPS) is 16.3. The minimum atomic E-state index is -1.10. The molecule has 2 aliphatic heterocycles. The molecule has 0 amide bonds. The molecule has 0 N–H and O–H groups in total. The number of aromatic nitrogens is 3. The Morgan fingerprint density at radius 1 is 0.314 bits per heavy atom. The molecular weight excluding hydrogens is 1240 g/mol. The highest BCUT2D eigenvalue weighted by Gasteiger charge is 2.46. The largest absolute Gasteiger partial charge is 0.456 e. The Morgan fingerprint density at radius 3 is 1.25 bits per heavy atom.